The molecule has 18 heavy (non-hydrogen) atoms. The molecule has 0 bridgehead atoms. The van der Waals surface area contributed by atoms with Crippen molar-refractivity contribution >= 4 is 11.7 Å². The van der Waals surface area contributed by atoms with Gasteiger partial charge in [0.2, 0.25) is 0 Å². The standard InChI is InChI=1S/C14H17NO3/c1-3-18-14(16)9-13-12-5-4-11(17-2)8-10(12)6-7-15-13/h4-5,8-9,15H,3,6-7H2,1-2H3. The first-order chi connectivity index (χ1) is 8.74. The molecule has 0 aliphatic carbocycles. The number of rotatable bonds is 3. The molecule has 96 valence electrons. The molecule has 4 nitrogen and oxygen atoms in total. The number of carbonyl (C=O) groups excluding carboxylic acids is 1. The number of ether oxygens (including phenoxy) is 2. The number of nitrogens with one attached hydrogen (secondary N) is 1. The summed E-state index contributed by atoms with van der Waals surface area (Å²) in [6, 6.07) is 5.87. The SMILES string of the molecule is CCOC(=O)C=C1NCCc2cc(OC)ccc21. The highest BCUT2D eigenvalue weighted by molar-refractivity contribution is 5.91. The van der Waals surface area contributed by atoms with Crippen LogP contribution in [0.2, 0.25) is 0 Å². The van der Waals surface area contributed by atoms with E-state index in [1.165, 1.54) is 11.6 Å². The molecule has 0 amide bonds. The Bertz CT molecular complexity index is 480. The third-order valence-corrected chi connectivity index (χ3v) is 2.86. The molecule has 0 spiro atoms. The van der Waals surface area contributed by atoms with Crippen LogP contribution in [0.5, 0.6) is 5.75 Å². The van der Waals surface area contributed by atoms with Crippen LogP contribution in [0.25, 0.3) is 5.70 Å². The first-order valence-corrected chi connectivity index (χ1v) is 6.04. The summed E-state index contributed by atoms with van der Waals surface area (Å²) in [5.74, 6) is 0.523. The quantitative estimate of drug-likeness (QED) is 0.653. The van der Waals surface area contributed by atoms with Crippen molar-refractivity contribution in [3.8, 4) is 5.75 Å². The fourth-order valence-corrected chi connectivity index (χ4v) is 2.02. The Hall–Kier alpha value is -1.97. The van der Waals surface area contributed by atoms with Crippen molar-refractivity contribution < 1.29 is 14.3 Å². The molecule has 4 heteroatoms. The van der Waals surface area contributed by atoms with Gasteiger partial charge in [0.25, 0.3) is 0 Å². The second-order valence-corrected chi connectivity index (χ2v) is 4.01. The van der Waals surface area contributed by atoms with E-state index in [1.54, 1.807) is 14.0 Å². The second-order valence-electron chi connectivity index (χ2n) is 4.01. The highest BCUT2D eigenvalue weighted by Gasteiger charge is 2.15. The van der Waals surface area contributed by atoms with E-state index in [9.17, 15) is 4.79 Å². The van der Waals surface area contributed by atoms with E-state index in [1.807, 2.05) is 18.2 Å². The lowest BCUT2D eigenvalue weighted by Crippen LogP contribution is -2.23. The fourth-order valence-electron chi connectivity index (χ4n) is 2.02. The number of benzene rings is 1. The first kappa shape index (κ1) is 12.5. The van der Waals surface area contributed by atoms with Crippen LogP contribution in [-0.2, 0) is 16.0 Å². The lowest BCUT2D eigenvalue weighted by molar-refractivity contribution is -0.137. The van der Waals surface area contributed by atoms with Gasteiger partial charge in [0.15, 0.2) is 0 Å². The molecule has 0 unspecified atom stereocenters. The molecule has 1 aromatic rings. The summed E-state index contributed by atoms with van der Waals surface area (Å²) in [7, 11) is 1.65. The summed E-state index contributed by atoms with van der Waals surface area (Å²) in [6.07, 6.45) is 2.43. The van der Waals surface area contributed by atoms with Crippen molar-refractivity contribution in [2.75, 3.05) is 20.3 Å². The first-order valence-electron chi connectivity index (χ1n) is 6.04. The Morgan fingerprint density at radius 2 is 2.33 bits per heavy atom. The Morgan fingerprint density at radius 3 is 3.06 bits per heavy atom. The van der Waals surface area contributed by atoms with Crippen LogP contribution < -0.4 is 10.1 Å². The van der Waals surface area contributed by atoms with Crippen molar-refractivity contribution in [1.82, 2.24) is 5.32 Å². The van der Waals surface area contributed by atoms with Crippen molar-refractivity contribution in [3.63, 3.8) is 0 Å². The van der Waals surface area contributed by atoms with Gasteiger partial charge in [-0.25, -0.2) is 4.79 Å². The van der Waals surface area contributed by atoms with Crippen LogP contribution >= 0.6 is 0 Å². The van der Waals surface area contributed by atoms with Crippen LogP contribution in [0.4, 0.5) is 0 Å². The average molecular weight is 247 g/mol. The van der Waals surface area contributed by atoms with Crippen LogP contribution in [0.15, 0.2) is 24.3 Å². The number of fused-ring (bicyclic) bond motifs is 1. The summed E-state index contributed by atoms with van der Waals surface area (Å²) < 4.78 is 10.1. The van der Waals surface area contributed by atoms with Crippen LogP contribution in [0, 0.1) is 0 Å². The summed E-state index contributed by atoms with van der Waals surface area (Å²) in [5, 5.41) is 3.22. The van der Waals surface area contributed by atoms with E-state index in [4.69, 9.17) is 9.47 Å². The van der Waals surface area contributed by atoms with Crippen LogP contribution in [-0.4, -0.2) is 26.2 Å². The van der Waals surface area contributed by atoms with Crippen molar-refractivity contribution in [2.45, 2.75) is 13.3 Å². The Balaban J connectivity index is 2.30. The molecule has 1 aliphatic heterocycles. The molecule has 2 rings (SSSR count). The predicted molar refractivity (Wildman–Crippen MR) is 69.3 cm³/mol. The monoisotopic (exact) mass is 247 g/mol. The third kappa shape index (κ3) is 2.64. The zero-order valence-electron chi connectivity index (χ0n) is 10.7. The molecule has 0 saturated carbocycles. The molecule has 1 N–H and O–H groups in total. The van der Waals surface area contributed by atoms with Crippen LogP contribution in [0.3, 0.4) is 0 Å². The van der Waals surface area contributed by atoms with Gasteiger partial charge in [-0.3, -0.25) is 0 Å². The number of hydrogen-bond donors (Lipinski definition) is 1. The molecule has 0 aromatic heterocycles. The largest absolute Gasteiger partial charge is 0.497 e. The lowest BCUT2D eigenvalue weighted by atomic mass is 9.97. The van der Waals surface area contributed by atoms with Gasteiger partial charge in [0.1, 0.15) is 5.75 Å². The van der Waals surface area contributed by atoms with Crippen LogP contribution in [0.1, 0.15) is 18.1 Å². The van der Waals surface area contributed by atoms with E-state index in [2.05, 4.69) is 5.32 Å². The average Bonchev–Trinajstić information content (AvgIpc) is 2.38. The van der Waals surface area contributed by atoms with E-state index < -0.39 is 0 Å². The molecule has 1 aromatic carbocycles. The molecule has 1 heterocycles. The van der Waals surface area contributed by atoms with Gasteiger partial charge in [-0.1, -0.05) is 0 Å². The Kier molecular flexibility index (Phi) is 3.87. The molecule has 0 radical (unpaired) electrons. The van der Waals surface area contributed by atoms with Gasteiger partial charge >= 0.3 is 5.97 Å². The minimum absolute atomic E-state index is 0.316. The van der Waals surface area contributed by atoms with Gasteiger partial charge in [-0.15, -0.1) is 0 Å². The van der Waals surface area contributed by atoms with Gasteiger partial charge < -0.3 is 14.8 Å². The zero-order valence-corrected chi connectivity index (χ0v) is 10.7. The van der Waals surface area contributed by atoms with E-state index in [0.717, 1.165) is 30.0 Å². The second kappa shape index (κ2) is 5.58. The highest BCUT2D eigenvalue weighted by atomic mass is 16.5. The number of esters is 1. The number of carbonyl (C=O) groups is 1. The molecule has 0 saturated heterocycles. The van der Waals surface area contributed by atoms with Crippen molar-refractivity contribution in [2.24, 2.45) is 0 Å². The van der Waals surface area contributed by atoms with Gasteiger partial charge in [0.05, 0.1) is 13.7 Å². The molecule has 0 atom stereocenters. The molecular weight excluding hydrogens is 230 g/mol. The predicted octanol–water partition coefficient (Wildman–Crippen LogP) is 1.74. The van der Waals surface area contributed by atoms with E-state index in [-0.39, 0.29) is 5.97 Å². The van der Waals surface area contributed by atoms with Gasteiger partial charge in [-0.05, 0) is 37.1 Å². The molecular formula is C14H17NO3. The third-order valence-electron chi connectivity index (χ3n) is 2.86. The lowest BCUT2D eigenvalue weighted by Gasteiger charge is -2.21. The number of hydrogen-bond acceptors (Lipinski definition) is 4. The van der Waals surface area contributed by atoms with E-state index >= 15 is 0 Å². The van der Waals surface area contributed by atoms with Gasteiger partial charge in [0, 0.05) is 23.9 Å². The smallest absolute Gasteiger partial charge is 0.332 e. The maximum atomic E-state index is 11.5. The Labute approximate surface area is 107 Å². The summed E-state index contributed by atoms with van der Waals surface area (Å²) in [4.78, 5) is 11.5. The summed E-state index contributed by atoms with van der Waals surface area (Å²) in [5.41, 5.74) is 3.04. The zero-order chi connectivity index (χ0) is 13.0. The minimum Gasteiger partial charge on any atom is -0.497 e. The maximum Gasteiger partial charge on any atom is 0.332 e. The summed E-state index contributed by atoms with van der Waals surface area (Å²) in [6.45, 7) is 2.99. The van der Waals surface area contributed by atoms with E-state index in [0.29, 0.717) is 6.61 Å². The minimum atomic E-state index is -0.316. The fraction of sp³-hybridized carbons (Fsp3) is 0.357. The molecule has 1 aliphatic rings. The van der Waals surface area contributed by atoms with Crippen molar-refractivity contribution in [1.29, 1.82) is 0 Å². The number of methoxy groups -OCH3 is 1. The van der Waals surface area contributed by atoms with Crippen molar-refractivity contribution in [3.05, 3.63) is 35.4 Å². The van der Waals surface area contributed by atoms with Gasteiger partial charge in [-0.2, -0.15) is 0 Å². The summed E-state index contributed by atoms with van der Waals surface area (Å²) >= 11 is 0. The topological polar surface area (TPSA) is 47.6 Å². The molecule has 0 fully saturated rings. The maximum absolute atomic E-state index is 11.5. The Morgan fingerprint density at radius 1 is 1.50 bits per heavy atom. The highest BCUT2D eigenvalue weighted by Crippen LogP contribution is 2.26. The normalized spacial score (nSPS) is 15.8.